The van der Waals surface area contributed by atoms with Gasteiger partial charge in [0.1, 0.15) is 11.5 Å². The molecule has 6 heteroatoms. The topological polar surface area (TPSA) is 81.1 Å². The van der Waals surface area contributed by atoms with Gasteiger partial charge in [-0.1, -0.05) is 32.9 Å². The summed E-state index contributed by atoms with van der Waals surface area (Å²) in [5.41, 5.74) is 8.54. The Labute approximate surface area is 138 Å². The van der Waals surface area contributed by atoms with E-state index in [0.29, 0.717) is 27.8 Å². The Morgan fingerprint density at radius 1 is 1.25 bits per heavy atom. The number of carboxylic acid groups (broad SMARTS) is 1. The van der Waals surface area contributed by atoms with Gasteiger partial charge in [-0.25, -0.2) is 9.18 Å². The molecule has 3 aromatic rings. The van der Waals surface area contributed by atoms with Crippen molar-refractivity contribution in [2.45, 2.75) is 26.2 Å². The van der Waals surface area contributed by atoms with Gasteiger partial charge < -0.3 is 10.8 Å². The van der Waals surface area contributed by atoms with Gasteiger partial charge in [-0.15, -0.1) is 0 Å². The largest absolute Gasteiger partial charge is 0.463 e. The van der Waals surface area contributed by atoms with Crippen LogP contribution in [0, 0.1) is 5.82 Å². The van der Waals surface area contributed by atoms with Gasteiger partial charge in [0.25, 0.3) is 0 Å². The Hall–Kier alpha value is -2.89. The number of halogens is 1. The quantitative estimate of drug-likeness (QED) is 0.655. The van der Waals surface area contributed by atoms with E-state index in [9.17, 15) is 14.3 Å². The Morgan fingerprint density at radius 3 is 2.54 bits per heavy atom. The molecule has 0 spiro atoms. The lowest BCUT2D eigenvalue weighted by Gasteiger charge is -2.23. The molecule has 1 heterocycles. The van der Waals surface area contributed by atoms with Gasteiger partial charge in [-0.05, 0) is 35.2 Å². The third kappa shape index (κ3) is 2.50. The number of hydrogen-bond donors (Lipinski definition) is 2. The van der Waals surface area contributed by atoms with E-state index in [2.05, 4.69) is 5.10 Å². The van der Waals surface area contributed by atoms with Crippen LogP contribution < -0.4 is 5.73 Å². The number of nitrogens with two attached hydrogens (primary N) is 1. The number of benzene rings is 2. The zero-order chi connectivity index (χ0) is 17.6. The SMILES string of the molecule is CC(C)(C)c1c(N)ccc2c1c(-c1cccc(F)c1)nn2C(=O)O. The van der Waals surface area contributed by atoms with Crippen molar-refractivity contribution in [2.75, 3.05) is 5.73 Å². The van der Waals surface area contributed by atoms with Crippen LogP contribution >= 0.6 is 0 Å². The maximum Gasteiger partial charge on any atom is 0.432 e. The highest BCUT2D eigenvalue weighted by molar-refractivity contribution is 6.02. The van der Waals surface area contributed by atoms with Gasteiger partial charge in [0.15, 0.2) is 0 Å². The van der Waals surface area contributed by atoms with Gasteiger partial charge in [-0.3, -0.25) is 0 Å². The molecule has 0 aliphatic rings. The number of fused-ring (bicyclic) bond motifs is 1. The molecule has 0 aliphatic carbocycles. The minimum atomic E-state index is -1.20. The molecule has 3 rings (SSSR count). The van der Waals surface area contributed by atoms with Crippen molar-refractivity contribution < 1.29 is 14.3 Å². The normalized spacial score (nSPS) is 11.8. The standard InChI is InChI=1S/C18H18FN3O2/c1-18(2,3)15-12(20)7-8-13-14(15)16(21-22(13)17(23)24)10-5-4-6-11(19)9-10/h4-9H,20H2,1-3H3,(H,23,24). The molecule has 0 atom stereocenters. The maximum absolute atomic E-state index is 13.7. The molecule has 2 aromatic carbocycles. The molecule has 24 heavy (non-hydrogen) atoms. The minimum absolute atomic E-state index is 0.335. The molecule has 3 N–H and O–H groups in total. The van der Waals surface area contributed by atoms with Crippen LogP contribution in [0.25, 0.3) is 22.2 Å². The summed E-state index contributed by atoms with van der Waals surface area (Å²) in [4.78, 5) is 11.6. The second-order valence-corrected chi connectivity index (χ2v) is 6.73. The number of anilines is 1. The summed E-state index contributed by atoms with van der Waals surface area (Å²) in [6, 6.07) is 9.25. The van der Waals surface area contributed by atoms with Crippen molar-refractivity contribution >= 4 is 22.7 Å². The molecular formula is C18H18FN3O2. The Kier molecular flexibility index (Phi) is 3.55. The summed E-state index contributed by atoms with van der Waals surface area (Å²) in [6.07, 6.45) is -1.20. The molecule has 0 unspecified atom stereocenters. The molecule has 0 radical (unpaired) electrons. The smallest absolute Gasteiger partial charge is 0.432 e. The average molecular weight is 327 g/mol. The zero-order valence-corrected chi connectivity index (χ0v) is 13.7. The van der Waals surface area contributed by atoms with E-state index < -0.39 is 11.9 Å². The molecule has 0 saturated heterocycles. The van der Waals surface area contributed by atoms with Gasteiger partial charge >= 0.3 is 6.09 Å². The first-order valence-corrected chi connectivity index (χ1v) is 7.51. The maximum atomic E-state index is 13.7. The average Bonchev–Trinajstić information content (AvgIpc) is 2.85. The van der Waals surface area contributed by atoms with Gasteiger partial charge in [-0.2, -0.15) is 9.78 Å². The van der Waals surface area contributed by atoms with Crippen molar-refractivity contribution in [2.24, 2.45) is 0 Å². The van der Waals surface area contributed by atoms with E-state index in [-0.39, 0.29) is 5.41 Å². The van der Waals surface area contributed by atoms with Crippen LogP contribution in [0.3, 0.4) is 0 Å². The number of carbonyl (C=O) groups is 1. The van der Waals surface area contributed by atoms with Gasteiger partial charge in [0, 0.05) is 16.6 Å². The molecule has 0 fully saturated rings. The molecular weight excluding hydrogens is 309 g/mol. The van der Waals surface area contributed by atoms with Crippen LogP contribution in [-0.2, 0) is 5.41 Å². The summed E-state index contributed by atoms with van der Waals surface area (Å²) >= 11 is 0. The first-order chi connectivity index (χ1) is 11.2. The summed E-state index contributed by atoms with van der Waals surface area (Å²) < 4.78 is 14.6. The predicted molar refractivity (Wildman–Crippen MR) is 91.7 cm³/mol. The van der Waals surface area contributed by atoms with E-state index in [0.717, 1.165) is 10.2 Å². The Bertz CT molecular complexity index is 955. The Balaban J connectivity index is 2.49. The van der Waals surface area contributed by atoms with E-state index in [4.69, 9.17) is 5.73 Å². The van der Waals surface area contributed by atoms with Crippen molar-refractivity contribution in [1.82, 2.24) is 9.78 Å². The Morgan fingerprint density at radius 2 is 1.96 bits per heavy atom. The predicted octanol–water partition coefficient (Wildman–Crippen LogP) is 4.25. The zero-order valence-electron chi connectivity index (χ0n) is 13.7. The van der Waals surface area contributed by atoms with E-state index in [1.54, 1.807) is 24.3 Å². The molecule has 0 saturated carbocycles. The van der Waals surface area contributed by atoms with Crippen LogP contribution in [0.15, 0.2) is 36.4 Å². The number of nitrogens with zero attached hydrogens (tertiary/aromatic N) is 2. The molecule has 1 aromatic heterocycles. The van der Waals surface area contributed by atoms with Crippen molar-refractivity contribution in [3.8, 4) is 11.3 Å². The van der Waals surface area contributed by atoms with E-state index in [1.807, 2.05) is 20.8 Å². The van der Waals surface area contributed by atoms with Crippen molar-refractivity contribution in [3.63, 3.8) is 0 Å². The van der Waals surface area contributed by atoms with E-state index >= 15 is 0 Å². The fraction of sp³-hybridized carbons (Fsp3) is 0.222. The number of rotatable bonds is 1. The fourth-order valence-corrected chi connectivity index (χ4v) is 3.02. The first kappa shape index (κ1) is 16.0. The molecule has 0 amide bonds. The van der Waals surface area contributed by atoms with Crippen LogP contribution in [0.4, 0.5) is 14.9 Å². The summed E-state index contributed by atoms with van der Waals surface area (Å²) in [5, 5.41) is 14.3. The fourth-order valence-electron chi connectivity index (χ4n) is 3.02. The lowest BCUT2D eigenvalue weighted by atomic mass is 9.82. The summed E-state index contributed by atoms with van der Waals surface area (Å²) in [7, 11) is 0. The second-order valence-electron chi connectivity index (χ2n) is 6.73. The van der Waals surface area contributed by atoms with Crippen LogP contribution in [0.2, 0.25) is 0 Å². The minimum Gasteiger partial charge on any atom is -0.463 e. The molecule has 5 nitrogen and oxygen atoms in total. The molecule has 0 aliphatic heterocycles. The van der Waals surface area contributed by atoms with Gasteiger partial charge in [0.05, 0.1) is 5.52 Å². The van der Waals surface area contributed by atoms with E-state index in [1.165, 1.54) is 12.1 Å². The van der Waals surface area contributed by atoms with Crippen molar-refractivity contribution in [3.05, 3.63) is 47.8 Å². The highest BCUT2D eigenvalue weighted by Gasteiger charge is 2.26. The highest BCUT2D eigenvalue weighted by Crippen LogP contribution is 2.39. The summed E-state index contributed by atoms with van der Waals surface area (Å²) in [5.74, 6) is -0.410. The molecule has 0 bridgehead atoms. The number of aromatic nitrogens is 2. The highest BCUT2D eigenvalue weighted by atomic mass is 19.1. The first-order valence-electron chi connectivity index (χ1n) is 7.51. The van der Waals surface area contributed by atoms with Crippen LogP contribution in [-0.4, -0.2) is 21.0 Å². The second kappa shape index (κ2) is 5.33. The van der Waals surface area contributed by atoms with Crippen LogP contribution in [0.1, 0.15) is 26.3 Å². The number of hydrogen-bond acceptors (Lipinski definition) is 3. The lowest BCUT2D eigenvalue weighted by molar-refractivity contribution is 0.194. The monoisotopic (exact) mass is 327 g/mol. The van der Waals surface area contributed by atoms with Crippen molar-refractivity contribution in [1.29, 1.82) is 0 Å². The van der Waals surface area contributed by atoms with Crippen LogP contribution in [0.5, 0.6) is 0 Å². The third-order valence-electron chi connectivity index (χ3n) is 3.91. The molecule has 124 valence electrons. The lowest BCUT2D eigenvalue weighted by Crippen LogP contribution is -2.15. The van der Waals surface area contributed by atoms with Gasteiger partial charge in [0.2, 0.25) is 0 Å². The third-order valence-corrected chi connectivity index (χ3v) is 3.91. The summed E-state index contributed by atoms with van der Waals surface area (Å²) in [6.45, 7) is 5.97. The number of nitrogen functional groups attached to an aromatic ring is 1.